The molecule has 6 nitrogen and oxygen atoms in total. The van der Waals surface area contributed by atoms with Crippen LogP contribution in [0.15, 0.2) is 64.4 Å². The minimum Gasteiger partial charge on any atom is -0.321 e. The lowest BCUT2D eigenvalue weighted by Gasteiger charge is -2.11. The van der Waals surface area contributed by atoms with E-state index in [0.29, 0.717) is 23.7 Å². The molecular formula is C21H17N3O3S. The first-order valence-electron chi connectivity index (χ1n) is 9.04. The number of benzene rings is 2. The fourth-order valence-corrected chi connectivity index (χ4v) is 5.27. The van der Waals surface area contributed by atoms with Crippen LogP contribution in [-0.2, 0) is 22.9 Å². The molecule has 1 aliphatic rings. The van der Waals surface area contributed by atoms with Crippen LogP contribution in [0.4, 0.5) is 0 Å². The van der Waals surface area contributed by atoms with E-state index in [0.717, 1.165) is 27.6 Å². The van der Waals surface area contributed by atoms with Gasteiger partial charge in [0.2, 0.25) is 10.0 Å². The number of rotatable bonds is 5. The maximum atomic E-state index is 13.0. The standard InChI is InChI=1S/C21H17N3O3S/c25-21-15-6-3-4-13-12-16-18(8-7-17(24-21)20(16)19(13)15)28(26,27)23-11-9-14-5-1-2-10-22-14/h1-8,10,23H,9,11-12H2,(H,24,25). The molecule has 2 aromatic carbocycles. The Bertz CT molecular complexity index is 1390. The van der Waals surface area contributed by atoms with Gasteiger partial charge in [0.25, 0.3) is 5.56 Å². The summed E-state index contributed by atoms with van der Waals surface area (Å²) in [5.41, 5.74) is 3.08. The highest BCUT2D eigenvalue weighted by Gasteiger charge is 2.27. The van der Waals surface area contributed by atoms with Crippen LogP contribution >= 0.6 is 0 Å². The molecule has 0 fully saturated rings. The van der Waals surface area contributed by atoms with Gasteiger partial charge in [-0.25, -0.2) is 13.1 Å². The van der Waals surface area contributed by atoms with Crippen molar-refractivity contribution in [3.05, 3.63) is 81.9 Å². The van der Waals surface area contributed by atoms with Gasteiger partial charge in [-0.2, -0.15) is 0 Å². The van der Waals surface area contributed by atoms with Gasteiger partial charge in [0.1, 0.15) is 0 Å². The van der Waals surface area contributed by atoms with E-state index in [1.165, 1.54) is 0 Å². The van der Waals surface area contributed by atoms with E-state index in [1.54, 1.807) is 24.4 Å². The Morgan fingerprint density at radius 1 is 1.04 bits per heavy atom. The van der Waals surface area contributed by atoms with Gasteiger partial charge in [0.05, 0.1) is 4.90 Å². The fraction of sp³-hybridized carbons (Fsp3) is 0.143. The average molecular weight is 391 g/mol. The van der Waals surface area contributed by atoms with Gasteiger partial charge in [-0.15, -0.1) is 0 Å². The predicted molar refractivity (Wildman–Crippen MR) is 108 cm³/mol. The highest BCUT2D eigenvalue weighted by molar-refractivity contribution is 7.89. The molecule has 0 unspecified atom stereocenters. The number of nitrogens with zero attached hydrogens (tertiary/aromatic N) is 1. The Balaban J connectivity index is 1.55. The van der Waals surface area contributed by atoms with E-state index < -0.39 is 10.0 Å². The third-order valence-corrected chi connectivity index (χ3v) is 6.77. The molecule has 0 saturated heterocycles. The number of hydrogen-bond donors (Lipinski definition) is 2. The Hall–Kier alpha value is -3.03. The van der Waals surface area contributed by atoms with Crippen molar-refractivity contribution >= 4 is 31.7 Å². The highest BCUT2D eigenvalue weighted by atomic mass is 32.2. The number of pyridine rings is 2. The molecule has 2 heterocycles. The van der Waals surface area contributed by atoms with E-state index in [2.05, 4.69) is 14.7 Å². The van der Waals surface area contributed by atoms with Crippen LogP contribution in [0.2, 0.25) is 0 Å². The predicted octanol–water partition coefficient (Wildman–Crippen LogP) is 2.50. The lowest BCUT2D eigenvalue weighted by Crippen LogP contribution is -2.27. The third-order valence-electron chi connectivity index (χ3n) is 5.22. The molecule has 0 saturated carbocycles. The molecular weight excluding hydrogens is 374 g/mol. The minimum atomic E-state index is -3.68. The molecule has 0 spiro atoms. The minimum absolute atomic E-state index is 0.152. The largest absolute Gasteiger partial charge is 0.321 e. The molecule has 0 bridgehead atoms. The third kappa shape index (κ3) is 2.63. The van der Waals surface area contributed by atoms with E-state index in [4.69, 9.17) is 0 Å². The highest BCUT2D eigenvalue weighted by Crippen LogP contribution is 2.38. The van der Waals surface area contributed by atoms with Crippen molar-refractivity contribution in [3.63, 3.8) is 0 Å². The van der Waals surface area contributed by atoms with Crippen LogP contribution < -0.4 is 10.3 Å². The molecule has 0 atom stereocenters. The van der Waals surface area contributed by atoms with Crippen LogP contribution in [0.3, 0.4) is 0 Å². The average Bonchev–Trinajstić information content (AvgIpc) is 3.08. The first-order valence-corrected chi connectivity index (χ1v) is 10.5. The van der Waals surface area contributed by atoms with E-state index in [1.807, 2.05) is 30.3 Å². The molecule has 1 aliphatic carbocycles. The SMILES string of the molecule is O=c1[nH]c2ccc(S(=O)(=O)NCCc3ccccn3)c3c2c2c(cccc12)C3. The Morgan fingerprint density at radius 2 is 1.93 bits per heavy atom. The van der Waals surface area contributed by atoms with E-state index >= 15 is 0 Å². The lowest BCUT2D eigenvalue weighted by atomic mass is 10.1. The van der Waals surface area contributed by atoms with Gasteiger partial charge in [0.15, 0.2) is 0 Å². The van der Waals surface area contributed by atoms with Crippen LogP contribution in [0.25, 0.3) is 21.7 Å². The number of aromatic nitrogens is 2. The number of nitrogens with one attached hydrogen (secondary N) is 2. The topological polar surface area (TPSA) is 91.9 Å². The van der Waals surface area contributed by atoms with Gasteiger partial charge in [-0.1, -0.05) is 18.2 Å². The second-order valence-electron chi connectivity index (χ2n) is 6.90. The maximum Gasteiger partial charge on any atom is 0.256 e. The molecule has 2 N–H and O–H groups in total. The summed E-state index contributed by atoms with van der Waals surface area (Å²) >= 11 is 0. The fourth-order valence-electron chi connectivity index (χ4n) is 3.99. The summed E-state index contributed by atoms with van der Waals surface area (Å²) in [7, 11) is -3.68. The number of hydrogen-bond acceptors (Lipinski definition) is 4. The van der Waals surface area contributed by atoms with Crippen LogP contribution in [0.1, 0.15) is 16.8 Å². The summed E-state index contributed by atoms with van der Waals surface area (Å²) in [6, 6.07) is 14.4. The summed E-state index contributed by atoms with van der Waals surface area (Å²) in [5.74, 6) is 0. The lowest BCUT2D eigenvalue weighted by molar-refractivity contribution is 0.580. The first-order chi connectivity index (χ1) is 13.5. The Morgan fingerprint density at radius 3 is 2.75 bits per heavy atom. The first kappa shape index (κ1) is 17.1. The zero-order valence-corrected chi connectivity index (χ0v) is 15.7. The monoisotopic (exact) mass is 391 g/mol. The molecule has 7 heteroatoms. The van der Waals surface area contributed by atoms with E-state index in [-0.39, 0.29) is 17.0 Å². The smallest absolute Gasteiger partial charge is 0.256 e. The number of sulfonamides is 1. The zero-order valence-electron chi connectivity index (χ0n) is 14.9. The van der Waals surface area contributed by atoms with Gasteiger partial charge in [-0.3, -0.25) is 9.78 Å². The molecule has 0 amide bonds. The Kier molecular flexibility index (Phi) is 3.82. The van der Waals surface area contributed by atoms with Crippen molar-refractivity contribution in [2.24, 2.45) is 0 Å². The molecule has 5 rings (SSSR count). The zero-order chi connectivity index (χ0) is 19.3. The maximum absolute atomic E-state index is 13.0. The van der Waals surface area contributed by atoms with Crippen molar-refractivity contribution in [1.82, 2.24) is 14.7 Å². The summed E-state index contributed by atoms with van der Waals surface area (Å²) in [6.45, 7) is 0.269. The Labute approximate surface area is 161 Å². The van der Waals surface area contributed by atoms with Gasteiger partial charge in [-0.05, 0) is 41.5 Å². The van der Waals surface area contributed by atoms with Crippen molar-refractivity contribution in [3.8, 4) is 0 Å². The molecule has 0 aliphatic heterocycles. The van der Waals surface area contributed by atoms with Crippen LogP contribution in [-0.4, -0.2) is 24.9 Å². The van der Waals surface area contributed by atoms with Gasteiger partial charge >= 0.3 is 0 Å². The summed E-state index contributed by atoms with van der Waals surface area (Å²) in [6.07, 6.45) is 2.70. The molecule has 28 heavy (non-hydrogen) atoms. The van der Waals surface area contributed by atoms with Gasteiger partial charge in [0, 0.05) is 53.0 Å². The van der Waals surface area contributed by atoms with Crippen molar-refractivity contribution in [2.75, 3.05) is 6.54 Å². The summed E-state index contributed by atoms with van der Waals surface area (Å²) in [5, 5.41) is 2.29. The quantitative estimate of drug-likeness (QED) is 0.450. The number of H-pyrrole nitrogens is 1. The second kappa shape index (κ2) is 6.25. The normalized spacial score (nSPS) is 13.0. The summed E-state index contributed by atoms with van der Waals surface area (Å²) < 4.78 is 28.7. The van der Waals surface area contributed by atoms with Gasteiger partial charge < -0.3 is 4.98 Å². The van der Waals surface area contributed by atoms with Crippen molar-refractivity contribution in [1.29, 1.82) is 0 Å². The molecule has 0 radical (unpaired) electrons. The number of aromatic amines is 1. The van der Waals surface area contributed by atoms with Crippen LogP contribution in [0.5, 0.6) is 0 Å². The molecule has 4 aromatic rings. The molecule has 2 aromatic heterocycles. The van der Waals surface area contributed by atoms with Crippen molar-refractivity contribution < 1.29 is 8.42 Å². The van der Waals surface area contributed by atoms with Crippen LogP contribution in [0, 0.1) is 0 Å². The molecule has 140 valence electrons. The second-order valence-corrected chi connectivity index (χ2v) is 8.64. The van der Waals surface area contributed by atoms with Crippen molar-refractivity contribution in [2.45, 2.75) is 17.7 Å². The summed E-state index contributed by atoms with van der Waals surface area (Å²) in [4.78, 5) is 19.7. The van der Waals surface area contributed by atoms with E-state index in [9.17, 15) is 13.2 Å².